The molecule has 4 heteroatoms. The molecular weight excluding hydrogens is 300 g/mol. The van der Waals surface area contributed by atoms with Gasteiger partial charge in [0.1, 0.15) is 0 Å². The fraction of sp³-hybridized carbons (Fsp3) is 0.650. The van der Waals surface area contributed by atoms with Crippen molar-refractivity contribution in [3.63, 3.8) is 0 Å². The maximum absolute atomic E-state index is 12.5. The first-order valence-electron chi connectivity index (χ1n) is 9.03. The van der Waals surface area contributed by atoms with Gasteiger partial charge in [-0.05, 0) is 49.7 Å². The third kappa shape index (κ3) is 4.50. The highest BCUT2D eigenvalue weighted by atomic mass is 16.3. The van der Waals surface area contributed by atoms with Crippen molar-refractivity contribution in [2.45, 2.75) is 57.9 Å². The van der Waals surface area contributed by atoms with Crippen LogP contribution >= 0.6 is 0 Å². The summed E-state index contributed by atoms with van der Waals surface area (Å²) in [5, 5.41) is 12.3. The number of rotatable bonds is 5. The topological polar surface area (TPSA) is 52.6 Å². The fourth-order valence-corrected chi connectivity index (χ4v) is 3.73. The van der Waals surface area contributed by atoms with Crippen LogP contribution in [0.4, 0.5) is 4.79 Å². The van der Waals surface area contributed by atoms with E-state index >= 15 is 0 Å². The molecule has 24 heavy (non-hydrogen) atoms. The van der Waals surface area contributed by atoms with E-state index in [1.54, 1.807) is 0 Å². The number of nitrogens with one attached hydrogen (secondary N) is 1. The van der Waals surface area contributed by atoms with Crippen LogP contribution in [-0.4, -0.2) is 42.3 Å². The van der Waals surface area contributed by atoms with Gasteiger partial charge in [-0.15, -0.1) is 0 Å². The first-order valence-corrected chi connectivity index (χ1v) is 9.03. The molecular formula is C20H32N2O2. The lowest BCUT2D eigenvalue weighted by molar-refractivity contribution is 0.133. The number of urea groups is 1. The zero-order valence-electron chi connectivity index (χ0n) is 15.5. The number of carbonyl (C=O) groups is 1. The molecule has 0 unspecified atom stereocenters. The number of aliphatic hydroxyl groups excluding tert-OH is 1. The quantitative estimate of drug-likeness (QED) is 0.867. The highest BCUT2D eigenvalue weighted by Gasteiger charge is 2.28. The van der Waals surface area contributed by atoms with Gasteiger partial charge < -0.3 is 15.3 Å². The maximum atomic E-state index is 12.5. The second kappa shape index (κ2) is 8.02. The number of hydrogen-bond acceptors (Lipinski definition) is 2. The van der Waals surface area contributed by atoms with Crippen LogP contribution in [0.15, 0.2) is 24.3 Å². The van der Waals surface area contributed by atoms with Crippen molar-refractivity contribution in [3.8, 4) is 0 Å². The second-order valence-corrected chi connectivity index (χ2v) is 7.83. The molecule has 1 aliphatic carbocycles. The molecule has 0 saturated heterocycles. The van der Waals surface area contributed by atoms with Gasteiger partial charge in [0.25, 0.3) is 0 Å². The summed E-state index contributed by atoms with van der Waals surface area (Å²) in [5.74, 6) is 0.415. The maximum Gasteiger partial charge on any atom is 0.317 e. The summed E-state index contributed by atoms with van der Waals surface area (Å²) in [5.41, 5.74) is 2.43. The van der Waals surface area contributed by atoms with E-state index in [4.69, 9.17) is 0 Å². The molecule has 2 amide bonds. The van der Waals surface area contributed by atoms with Gasteiger partial charge in [0.15, 0.2) is 0 Å². The summed E-state index contributed by atoms with van der Waals surface area (Å²) < 4.78 is 0. The van der Waals surface area contributed by atoms with Crippen LogP contribution in [0.3, 0.4) is 0 Å². The lowest BCUT2D eigenvalue weighted by atomic mass is 9.82. The Balaban J connectivity index is 1.89. The van der Waals surface area contributed by atoms with Gasteiger partial charge >= 0.3 is 6.03 Å². The average molecular weight is 332 g/mol. The molecule has 4 nitrogen and oxygen atoms in total. The van der Waals surface area contributed by atoms with Gasteiger partial charge in [-0.25, -0.2) is 4.79 Å². The molecule has 2 N–H and O–H groups in total. The number of carbonyl (C=O) groups excluding carboxylic acids is 1. The lowest BCUT2D eigenvalue weighted by Crippen LogP contribution is -2.48. The van der Waals surface area contributed by atoms with E-state index in [-0.39, 0.29) is 24.1 Å². The zero-order valence-corrected chi connectivity index (χ0v) is 15.5. The Bertz CT molecular complexity index is 548. The molecule has 0 spiro atoms. The van der Waals surface area contributed by atoms with E-state index in [2.05, 4.69) is 44.3 Å². The minimum atomic E-state index is -0.101. The van der Waals surface area contributed by atoms with Crippen molar-refractivity contribution in [1.29, 1.82) is 0 Å². The van der Waals surface area contributed by atoms with Crippen molar-refractivity contribution in [3.05, 3.63) is 35.4 Å². The van der Waals surface area contributed by atoms with Crippen molar-refractivity contribution >= 4 is 6.03 Å². The van der Waals surface area contributed by atoms with Crippen LogP contribution < -0.4 is 5.32 Å². The Labute approximate surface area is 146 Å². The van der Waals surface area contributed by atoms with Crippen molar-refractivity contribution in [2.24, 2.45) is 5.92 Å². The normalized spacial score (nSPS) is 21.4. The predicted octanol–water partition coefficient (Wildman–Crippen LogP) is 3.47. The van der Waals surface area contributed by atoms with E-state index in [1.807, 2.05) is 18.0 Å². The van der Waals surface area contributed by atoms with Crippen molar-refractivity contribution in [2.75, 3.05) is 20.2 Å². The Morgan fingerprint density at radius 1 is 1.25 bits per heavy atom. The Kier molecular flexibility index (Phi) is 6.27. The second-order valence-electron chi connectivity index (χ2n) is 7.83. The molecule has 0 radical (unpaired) electrons. The highest BCUT2D eigenvalue weighted by Crippen LogP contribution is 2.27. The lowest BCUT2D eigenvalue weighted by Gasteiger charge is -2.35. The van der Waals surface area contributed by atoms with Gasteiger partial charge in [0, 0.05) is 31.7 Å². The Hall–Kier alpha value is -1.55. The number of aryl methyl sites for hydroxylation is 1. The molecule has 1 aromatic rings. The van der Waals surface area contributed by atoms with Crippen LogP contribution in [0.25, 0.3) is 0 Å². The first kappa shape index (κ1) is 18.8. The summed E-state index contributed by atoms with van der Waals surface area (Å²) in [4.78, 5) is 14.4. The minimum Gasteiger partial charge on any atom is -0.396 e. The smallest absolute Gasteiger partial charge is 0.317 e. The zero-order chi connectivity index (χ0) is 17.7. The van der Waals surface area contributed by atoms with E-state index in [9.17, 15) is 9.90 Å². The fourth-order valence-electron chi connectivity index (χ4n) is 3.73. The SMILES string of the molecule is Cc1ccccc1C(C)(C)CNC(=O)N(C)C1CCC(CO)CC1. The van der Waals surface area contributed by atoms with E-state index in [0.29, 0.717) is 12.5 Å². The highest BCUT2D eigenvalue weighted by molar-refractivity contribution is 5.74. The van der Waals surface area contributed by atoms with Gasteiger partial charge in [-0.1, -0.05) is 38.1 Å². The van der Waals surface area contributed by atoms with Crippen molar-refractivity contribution < 1.29 is 9.90 Å². The molecule has 0 aromatic heterocycles. The molecule has 0 bridgehead atoms. The van der Waals surface area contributed by atoms with Crippen LogP contribution in [0.2, 0.25) is 0 Å². The molecule has 1 saturated carbocycles. The number of nitrogens with zero attached hydrogens (tertiary/aromatic N) is 1. The first-order chi connectivity index (χ1) is 11.3. The molecule has 134 valence electrons. The van der Waals surface area contributed by atoms with Gasteiger partial charge in [-0.3, -0.25) is 0 Å². The van der Waals surface area contributed by atoms with Gasteiger partial charge in [0.2, 0.25) is 0 Å². The number of amides is 2. The number of benzene rings is 1. The predicted molar refractivity (Wildman–Crippen MR) is 98.2 cm³/mol. The van der Waals surface area contributed by atoms with Gasteiger partial charge in [0.05, 0.1) is 0 Å². The Morgan fingerprint density at radius 3 is 2.46 bits per heavy atom. The molecule has 2 rings (SSSR count). The molecule has 0 heterocycles. The largest absolute Gasteiger partial charge is 0.396 e. The standard InChI is InChI=1S/C20H32N2O2/c1-15-7-5-6-8-18(15)20(2,3)14-21-19(24)22(4)17-11-9-16(13-23)10-12-17/h5-8,16-17,23H,9-14H2,1-4H3,(H,21,24). The third-order valence-electron chi connectivity index (χ3n) is 5.50. The van der Waals surface area contributed by atoms with Crippen LogP contribution in [0.5, 0.6) is 0 Å². The van der Waals surface area contributed by atoms with Crippen LogP contribution in [0.1, 0.15) is 50.7 Å². The summed E-state index contributed by atoms with van der Waals surface area (Å²) in [6.45, 7) is 7.34. The average Bonchev–Trinajstić information content (AvgIpc) is 2.59. The summed E-state index contributed by atoms with van der Waals surface area (Å²) in [6.07, 6.45) is 3.98. The summed E-state index contributed by atoms with van der Waals surface area (Å²) in [7, 11) is 1.89. The van der Waals surface area contributed by atoms with Crippen LogP contribution in [0, 0.1) is 12.8 Å². The van der Waals surface area contributed by atoms with E-state index in [1.165, 1.54) is 11.1 Å². The molecule has 0 aliphatic heterocycles. The van der Waals surface area contributed by atoms with Crippen molar-refractivity contribution in [1.82, 2.24) is 10.2 Å². The summed E-state index contributed by atoms with van der Waals surface area (Å²) >= 11 is 0. The third-order valence-corrected chi connectivity index (χ3v) is 5.50. The molecule has 1 aromatic carbocycles. The van der Waals surface area contributed by atoms with E-state index < -0.39 is 0 Å². The molecule has 1 fully saturated rings. The van der Waals surface area contributed by atoms with Crippen LogP contribution in [-0.2, 0) is 5.41 Å². The molecule has 0 atom stereocenters. The monoisotopic (exact) mass is 332 g/mol. The van der Waals surface area contributed by atoms with Gasteiger partial charge in [-0.2, -0.15) is 0 Å². The Morgan fingerprint density at radius 2 is 1.88 bits per heavy atom. The minimum absolute atomic E-state index is 0.00380. The number of aliphatic hydroxyl groups is 1. The van der Waals surface area contributed by atoms with E-state index in [0.717, 1.165) is 25.7 Å². The number of hydrogen-bond donors (Lipinski definition) is 2. The molecule has 1 aliphatic rings. The summed E-state index contributed by atoms with van der Waals surface area (Å²) in [6, 6.07) is 8.65.